The molecule has 0 unspecified atom stereocenters. The topological polar surface area (TPSA) is 20.3 Å². The third kappa shape index (κ3) is 2.02. The van der Waals surface area contributed by atoms with Gasteiger partial charge in [0.2, 0.25) is 0 Å². The fraction of sp³-hybridized carbons (Fsp3) is 0.118. The number of rotatable bonds is 2. The van der Waals surface area contributed by atoms with E-state index in [1.807, 2.05) is 61.5 Å². The van der Waals surface area contributed by atoms with E-state index in [9.17, 15) is 4.79 Å². The maximum atomic E-state index is 12.5. The highest BCUT2D eigenvalue weighted by Gasteiger charge is 2.30. The summed E-state index contributed by atoms with van der Waals surface area (Å²) in [6.07, 6.45) is 1.87. The normalized spacial score (nSPS) is 15.8. The summed E-state index contributed by atoms with van der Waals surface area (Å²) in [5, 5.41) is 0.653. The molecule has 0 aliphatic carbocycles. The van der Waals surface area contributed by atoms with Crippen LogP contribution in [0.25, 0.3) is 11.6 Å². The summed E-state index contributed by atoms with van der Waals surface area (Å²) >= 11 is 6.18. The van der Waals surface area contributed by atoms with Gasteiger partial charge in [-0.05, 0) is 30.7 Å². The number of likely N-dealkylation sites (N-methyl/N-ethyl adjacent to an activating group) is 1. The van der Waals surface area contributed by atoms with Crippen LogP contribution in [0.15, 0.2) is 48.5 Å². The number of amides is 1. The van der Waals surface area contributed by atoms with Crippen molar-refractivity contribution < 1.29 is 4.79 Å². The molecule has 1 aliphatic rings. The van der Waals surface area contributed by atoms with Crippen LogP contribution in [0.2, 0.25) is 5.02 Å². The Kier molecular flexibility index (Phi) is 3.33. The van der Waals surface area contributed by atoms with Crippen molar-refractivity contribution in [3.8, 4) is 0 Å². The fourth-order valence-corrected chi connectivity index (χ4v) is 2.70. The zero-order chi connectivity index (χ0) is 14.1. The number of halogens is 1. The van der Waals surface area contributed by atoms with E-state index in [-0.39, 0.29) is 5.91 Å². The Morgan fingerprint density at radius 2 is 1.80 bits per heavy atom. The number of carbonyl (C=O) groups is 1. The van der Waals surface area contributed by atoms with Gasteiger partial charge in [0.25, 0.3) is 5.91 Å². The molecule has 0 saturated carbocycles. The molecule has 1 aliphatic heterocycles. The Balaban J connectivity index is 2.15. The van der Waals surface area contributed by atoms with E-state index in [0.717, 1.165) is 16.8 Å². The van der Waals surface area contributed by atoms with Gasteiger partial charge in [0.05, 0.1) is 5.69 Å². The summed E-state index contributed by atoms with van der Waals surface area (Å²) in [4.78, 5) is 14.3. The van der Waals surface area contributed by atoms with Crippen LogP contribution < -0.4 is 4.90 Å². The minimum Gasteiger partial charge on any atom is -0.308 e. The molecule has 100 valence electrons. The molecule has 0 saturated heterocycles. The first kappa shape index (κ1) is 12.9. The average Bonchev–Trinajstić information content (AvgIpc) is 2.74. The Morgan fingerprint density at radius 1 is 1.10 bits per heavy atom. The first-order valence-electron chi connectivity index (χ1n) is 6.60. The predicted molar refractivity (Wildman–Crippen MR) is 83.8 cm³/mol. The lowest BCUT2D eigenvalue weighted by molar-refractivity contribution is -0.112. The van der Waals surface area contributed by atoms with Crippen molar-refractivity contribution in [3.05, 3.63) is 64.7 Å². The third-order valence-electron chi connectivity index (χ3n) is 3.48. The lowest BCUT2D eigenvalue weighted by atomic mass is 10.0. The molecule has 0 fully saturated rings. The van der Waals surface area contributed by atoms with Gasteiger partial charge in [-0.2, -0.15) is 0 Å². The molecule has 0 spiro atoms. The summed E-state index contributed by atoms with van der Waals surface area (Å²) in [6, 6.07) is 15.4. The molecule has 0 atom stereocenters. The summed E-state index contributed by atoms with van der Waals surface area (Å²) < 4.78 is 0. The molecular formula is C17H14ClNO. The summed E-state index contributed by atoms with van der Waals surface area (Å²) in [7, 11) is 0. The van der Waals surface area contributed by atoms with Gasteiger partial charge in [-0.25, -0.2) is 0 Å². The second kappa shape index (κ2) is 5.14. The number of hydrogen-bond donors (Lipinski definition) is 0. The predicted octanol–water partition coefficient (Wildman–Crippen LogP) is 4.25. The monoisotopic (exact) mass is 283 g/mol. The quantitative estimate of drug-likeness (QED) is 0.755. The second-order valence-corrected chi connectivity index (χ2v) is 5.05. The van der Waals surface area contributed by atoms with Crippen molar-refractivity contribution in [2.24, 2.45) is 0 Å². The average molecular weight is 284 g/mol. The van der Waals surface area contributed by atoms with Gasteiger partial charge in [0.1, 0.15) is 0 Å². The van der Waals surface area contributed by atoms with Crippen molar-refractivity contribution in [1.82, 2.24) is 0 Å². The number of anilines is 1. The van der Waals surface area contributed by atoms with Crippen molar-refractivity contribution >= 4 is 34.8 Å². The molecule has 0 N–H and O–H groups in total. The molecular weight excluding hydrogens is 270 g/mol. The zero-order valence-corrected chi connectivity index (χ0v) is 11.9. The fourth-order valence-electron chi connectivity index (χ4n) is 2.51. The van der Waals surface area contributed by atoms with Crippen molar-refractivity contribution in [2.75, 3.05) is 11.4 Å². The molecule has 0 radical (unpaired) electrons. The first-order valence-corrected chi connectivity index (χ1v) is 6.97. The van der Waals surface area contributed by atoms with Gasteiger partial charge in [-0.15, -0.1) is 0 Å². The number of carbonyl (C=O) groups excluding carboxylic acids is 1. The molecule has 3 rings (SSSR count). The molecule has 0 aromatic heterocycles. The smallest absolute Gasteiger partial charge is 0.258 e. The molecule has 2 nitrogen and oxygen atoms in total. The summed E-state index contributed by atoms with van der Waals surface area (Å²) in [5.74, 6) is 0.0358. The van der Waals surface area contributed by atoms with E-state index in [2.05, 4.69) is 0 Å². The Hall–Kier alpha value is -2.06. The summed E-state index contributed by atoms with van der Waals surface area (Å²) in [6.45, 7) is 2.64. The van der Waals surface area contributed by atoms with E-state index < -0.39 is 0 Å². The van der Waals surface area contributed by atoms with E-state index >= 15 is 0 Å². The van der Waals surface area contributed by atoms with Crippen LogP contribution in [-0.4, -0.2) is 12.5 Å². The molecule has 0 bridgehead atoms. The summed E-state index contributed by atoms with van der Waals surface area (Å²) in [5.41, 5.74) is 3.51. The number of hydrogen-bond acceptors (Lipinski definition) is 1. The number of fused-ring (bicyclic) bond motifs is 1. The number of para-hydroxylation sites is 1. The Bertz CT molecular complexity index is 706. The number of benzene rings is 2. The van der Waals surface area contributed by atoms with Gasteiger partial charge >= 0.3 is 0 Å². The highest BCUT2D eigenvalue weighted by molar-refractivity contribution is 6.37. The van der Waals surface area contributed by atoms with E-state index in [1.54, 1.807) is 4.90 Å². The van der Waals surface area contributed by atoms with Crippen LogP contribution in [0.5, 0.6) is 0 Å². The van der Waals surface area contributed by atoms with Crippen LogP contribution in [0, 0.1) is 0 Å². The minimum atomic E-state index is 0.0358. The Morgan fingerprint density at radius 3 is 2.55 bits per heavy atom. The molecule has 20 heavy (non-hydrogen) atoms. The van der Waals surface area contributed by atoms with E-state index in [4.69, 9.17) is 11.6 Å². The van der Waals surface area contributed by atoms with Crippen molar-refractivity contribution in [3.63, 3.8) is 0 Å². The van der Waals surface area contributed by atoms with Crippen LogP contribution in [0.1, 0.15) is 18.1 Å². The van der Waals surface area contributed by atoms with Gasteiger partial charge in [-0.1, -0.05) is 48.0 Å². The minimum absolute atomic E-state index is 0.0358. The molecule has 1 heterocycles. The van der Waals surface area contributed by atoms with E-state index in [0.29, 0.717) is 17.1 Å². The first-order chi connectivity index (χ1) is 9.72. The van der Waals surface area contributed by atoms with Gasteiger partial charge in [0.15, 0.2) is 0 Å². The SMILES string of the molecule is CCN1C(=O)/C(=C/c2ccccc2Cl)c2ccccc21. The number of nitrogens with zero attached hydrogens (tertiary/aromatic N) is 1. The lowest BCUT2D eigenvalue weighted by Gasteiger charge is -2.13. The van der Waals surface area contributed by atoms with Crippen molar-refractivity contribution in [2.45, 2.75) is 6.92 Å². The highest BCUT2D eigenvalue weighted by Crippen LogP contribution is 2.37. The van der Waals surface area contributed by atoms with Crippen LogP contribution in [0.3, 0.4) is 0 Å². The van der Waals surface area contributed by atoms with Crippen LogP contribution >= 0.6 is 11.6 Å². The molecule has 2 aromatic carbocycles. The van der Waals surface area contributed by atoms with E-state index in [1.165, 1.54) is 0 Å². The van der Waals surface area contributed by atoms with Crippen LogP contribution in [-0.2, 0) is 4.79 Å². The van der Waals surface area contributed by atoms with Crippen molar-refractivity contribution in [1.29, 1.82) is 0 Å². The van der Waals surface area contributed by atoms with Gasteiger partial charge < -0.3 is 4.90 Å². The lowest BCUT2D eigenvalue weighted by Crippen LogP contribution is -2.25. The third-order valence-corrected chi connectivity index (χ3v) is 3.83. The Labute approximate surface area is 123 Å². The van der Waals surface area contributed by atoms with Gasteiger partial charge in [-0.3, -0.25) is 4.79 Å². The standard InChI is InChI=1S/C17H14ClNO/c1-2-19-16-10-6-4-8-13(16)14(17(19)20)11-12-7-3-5-9-15(12)18/h3-11H,2H2,1H3/b14-11+. The van der Waals surface area contributed by atoms with Crippen LogP contribution in [0.4, 0.5) is 5.69 Å². The maximum Gasteiger partial charge on any atom is 0.258 e. The molecule has 2 aromatic rings. The van der Waals surface area contributed by atoms with Gasteiger partial charge in [0, 0.05) is 22.7 Å². The molecule has 3 heteroatoms. The largest absolute Gasteiger partial charge is 0.308 e. The second-order valence-electron chi connectivity index (χ2n) is 4.65. The maximum absolute atomic E-state index is 12.5. The highest BCUT2D eigenvalue weighted by atomic mass is 35.5. The zero-order valence-electron chi connectivity index (χ0n) is 11.1. The molecule has 1 amide bonds.